The highest BCUT2D eigenvalue weighted by Crippen LogP contribution is 2.31. The van der Waals surface area contributed by atoms with E-state index in [0.29, 0.717) is 12.0 Å². The molecule has 1 saturated carbocycles. The third-order valence-corrected chi connectivity index (χ3v) is 4.06. The van der Waals surface area contributed by atoms with Crippen LogP contribution >= 0.6 is 15.9 Å². The lowest BCUT2D eigenvalue weighted by atomic mass is 9.87. The molecule has 2 rings (SSSR count). The molecule has 0 heterocycles. The Labute approximate surface area is 110 Å². The van der Waals surface area contributed by atoms with Crippen molar-refractivity contribution in [3.8, 4) is 0 Å². The first kappa shape index (κ1) is 13.0. The Balaban J connectivity index is 2.12. The van der Waals surface area contributed by atoms with Gasteiger partial charge in [-0.3, -0.25) is 0 Å². The molecule has 3 heteroatoms. The van der Waals surface area contributed by atoms with Crippen molar-refractivity contribution in [2.45, 2.75) is 50.5 Å². The van der Waals surface area contributed by atoms with E-state index in [-0.39, 0.29) is 5.82 Å². The van der Waals surface area contributed by atoms with Crippen LogP contribution in [-0.4, -0.2) is 10.7 Å². The molecular formula is C14H18BrFO. The Bertz CT molecular complexity index is 384. The van der Waals surface area contributed by atoms with Crippen LogP contribution in [0.3, 0.4) is 0 Å². The topological polar surface area (TPSA) is 20.2 Å². The van der Waals surface area contributed by atoms with E-state index in [0.717, 1.165) is 30.2 Å². The maximum Gasteiger partial charge on any atom is 0.127 e. The van der Waals surface area contributed by atoms with Gasteiger partial charge in [0.05, 0.1) is 5.60 Å². The maximum atomic E-state index is 13.7. The second-order valence-corrected chi connectivity index (χ2v) is 5.97. The lowest BCUT2D eigenvalue weighted by molar-refractivity contribution is 0.0245. The molecule has 0 amide bonds. The van der Waals surface area contributed by atoms with Gasteiger partial charge < -0.3 is 5.11 Å². The highest BCUT2D eigenvalue weighted by molar-refractivity contribution is 9.10. The monoisotopic (exact) mass is 300 g/mol. The predicted octanol–water partition coefficient (Wildman–Crippen LogP) is 4.22. The molecule has 0 bridgehead atoms. The van der Waals surface area contributed by atoms with Crippen molar-refractivity contribution in [2.24, 2.45) is 0 Å². The lowest BCUT2D eigenvalue weighted by Gasteiger charge is -2.26. The summed E-state index contributed by atoms with van der Waals surface area (Å²) >= 11 is 3.24. The van der Waals surface area contributed by atoms with Gasteiger partial charge in [-0.15, -0.1) is 0 Å². The fourth-order valence-corrected chi connectivity index (χ4v) is 2.92. The van der Waals surface area contributed by atoms with Gasteiger partial charge in [0.2, 0.25) is 0 Å². The van der Waals surface area contributed by atoms with E-state index < -0.39 is 5.60 Å². The molecule has 1 nitrogen and oxygen atoms in total. The zero-order valence-electron chi connectivity index (χ0n) is 9.88. The molecule has 0 aliphatic heterocycles. The van der Waals surface area contributed by atoms with Crippen molar-refractivity contribution in [2.75, 3.05) is 0 Å². The summed E-state index contributed by atoms with van der Waals surface area (Å²) in [7, 11) is 0. The minimum atomic E-state index is -0.703. The summed E-state index contributed by atoms with van der Waals surface area (Å²) in [6.45, 7) is 0. The molecule has 1 fully saturated rings. The predicted molar refractivity (Wildman–Crippen MR) is 70.5 cm³/mol. The molecule has 1 aliphatic rings. The van der Waals surface area contributed by atoms with E-state index in [9.17, 15) is 9.50 Å². The summed E-state index contributed by atoms with van der Waals surface area (Å²) in [6.07, 6.45) is 6.50. The summed E-state index contributed by atoms with van der Waals surface area (Å²) in [5.41, 5.74) is -0.0804. The van der Waals surface area contributed by atoms with Crippen LogP contribution in [0.25, 0.3) is 0 Å². The van der Waals surface area contributed by atoms with Crippen LogP contribution < -0.4 is 0 Å². The molecule has 1 N–H and O–H groups in total. The molecule has 0 spiro atoms. The minimum absolute atomic E-state index is 0.225. The first-order valence-electron chi connectivity index (χ1n) is 6.25. The fourth-order valence-electron chi connectivity index (χ4n) is 2.58. The van der Waals surface area contributed by atoms with Gasteiger partial charge in [-0.1, -0.05) is 47.7 Å². The molecule has 0 aromatic heterocycles. The van der Waals surface area contributed by atoms with Crippen LogP contribution in [0.4, 0.5) is 4.39 Å². The molecule has 0 saturated heterocycles. The Kier molecular flexibility index (Phi) is 4.21. The van der Waals surface area contributed by atoms with Gasteiger partial charge in [0, 0.05) is 10.9 Å². The Hall–Kier alpha value is -0.410. The average Bonchev–Trinajstić information content (AvgIpc) is 2.48. The molecule has 1 aromatic carbocycles. The number of rotatable bonds is 2. The van der Waals surface area contributed by atoms with E-state index in [4.69, 9.17) is 0 Å². The van der Waals surface area contributed by atoms with Crippen LogP contribution in [0, 0.1) is 5.82 Å². The number of aliphatic hydroxyl groups is 1. The van der Waals surface area contributed by atoms with Gasteiger partial charge >= 0.3 is 0 Å². The number of hydrogen-bond donors (Lipinski definition) is 1. The zero-order valence-corrected chi connectivity index (χ0v) is 11.5. The molecule has 0 atom stereocenters. The van der Waals surface area contributed by atoms with Crippen LogP contribution in [0.1, 0.15) is 44.1 Å². The number of halogens is 2. The number of hydrogen-bond acceptors (Lipinski definition) is 1. The molecule has 1 aromatic rings. The highest BCUT2D eigenvalue weighted by atomic mass is 79.9. The van der Waals surface area contributed by atoms with Crippen LogP contribution in [-0.2, 0) is 6.42 Å². The molecule has 17 heavy (non-hydrogen) atoms. The highest BCUT2D eigenvalue weighted by Gasteiger charge is 2.29. The van der Waals surface area contributed by atoms with Gasteiger partial charge in [0.15, 0.2) is 0 Å². The lowest BCUT2D eigenvalue weighted by Crippen LogP contribution is -2.31. The molecule has 94 valence electrons. The second kappa shape index (κ2) is 5.49. The molecule has 1 aliphatic carbocycles. The summed E-state index contributed by atoms with van der Waals surface area (Å²) in [6, 6.07) is 5.07. The summed E-state index contributed by atoms with van der Waals surface area (Å²) < 4.78 is 14.5. The zero-order chi connectivity index (χ0) is 12.3. The second-order valence-electron chi connectivity index (χ2n) is 5.05. The van der Waals surface area contributed by atoms with Gasteiger partial charge in [0.1, 0.15) is 5.82 Å². The van der Waals surface area contributed by atoms with E-state index in [1.807, 2.05) is 6.07 Å². The van der Waals surface area contributed by atoms with Crippen molar-refractivity contribution in [3.05, 3.63) is 34.1 Å². The van der Waals surface area contributed by atoms with Crippen molar-refractivity contribution >= 4 is 15.9 Å². The van der Waals surface area contributed by atoms with Crippen molar-refractivity contribution < 1.29 is 9.50 Å². The quantitative estimate of drug-likeness (QED) is 0.811. The molecule has 0 unspecified atom stereocenters. The van der Waals surface area contributed by atoms with Gasteiger partial charge in [-0.25, -0.2) is 4.39 Å². The SMILES string of the molecule is OC1(Cc2ccc(Br)cc2F)CCCCCC1. The first-order valence-corrected chi connectivity index (χ1v) is 7.05. The van der Waals surface area contributed by atoms with Crippen molar-refractivity contribution in [3.63, 3.8) is 0 Å². The summed E-state index contributed by atoms with van der Waals surface area (Å²) in [5.74, 6) is -0.225. The minimum Gasteiger partial charge on any atom is -0.390 e. The van der Waals surface area contributed by atoms with Gasteiger partial charge in [0.25, 0.3) is 0 Å². The normalized spacial score (nSPS) is 19.9. The summed E-state index contributed by atoms with van der Waals surface area (Å²) in [5, 5.41) is 10.5. The van der Waals surface area contributed by atoms with Gasteiger partial charge in [-0.05, 0) is 30.5 Å². The average molecular weight is 301 g/mol. The van der Waals surface area contributed by atoms with E-state index in [1.165, 1.54) is 18.9 Å². The Morgan fingerprint density at radius 1 is 1.18 bits per heavy atom. The maximum absolute atomic E-state index is 13.7. The number of benzene rings is 1. The van der Waals surface area contributed by atoms with Crippen LogP contribution in [0.5, 0.6) is 0 Å². The van der Waals surface area contributed by atoms with Crippen LogP contribution in [0.15, 0.2) is 22.7 Å². The van der Waals surface area contributed by atoms with Crippen LogP contribution in [0.2, 0.25) is 0 Å². The fraction of sp³-hybridized carbons (Fsp3) is 0.571. The standard InChI is InChI=1S/C14H18BrFO/c15-12-6-5-11(13(16)9-12)10-14(17)7-3-1-2-4-8-14/h5-6,9,17H,1-4,7-8,10H2. The smallest absolute Gasteiger partial charge is 0.127 e. The van der Waals surface area contributed by atoms with Gasteiger partial charge in [-0.2, -0.15) is 0 Å². The largest absolute Gasteiger partial charge is 0.390 e. The van der Waals surface area contributed by atoms with E-state index in [1.54, 1.807) is 6.07 Å². The van der Waals surface area contributed by atoms with E-state index in [2.05, 4.69) is 15.9 Å². The molecule has 0 radical (unpaired) electrons. The van der Waals surface area contributed by atoms with Crippen molar-refractivity contribution in [1.82, 2.24) is 0 Å². The molecular weight excluding hydrogens is 283 g/mol. The first-order chi connectivity index (χ1) is 8.09. The Morgan fingerprint density at radius 2 is 1.82 bits per heavy atom. The third-order valence-electron chi connectivity index (χ3n) is 3.57. The van der Waals surface area contributed by atoms with Crippen molar-refractivity contribution in [1.29, 1.82) is 0 Å². The summed E-state index contributed by atoms with van der Waals surface area (Å²) in [4.78, 5) is 0. The van der Waals surface area contributed by atoms with E-state index >= 15 is 0 Å². The Morgan fingerprint density at radius 3 is 2.41 bits per heavy atom. The third kappa shape index (κ3) is 3.52.